The molecule has 0 spiro atoms. The molecule has 0 aromatic heterocycles. The molecule has 0 amide bonds. The van der Waals surface area contributed by atoms with E-state index < -0.39 is 11.7 Å². The number of rotatable bonds is 2. The molecule has 2 aromatic rings. The fraction of sp³-hybridized carbons (Fsp3) is 0.250. The lowest BCUT2D eigenvalue weighted by atomic mass is 10.0. The van der Waals surface area contributed by atoms with Gasteiger partial charge in [0.1, 0.15) is 0 Å². The first-order valence-electron chi connectivity index (χ1n) is 6.83. The summed E-state index contributed by atoms with van der Waals surface area (Å²) in [6, 6.07) is 11.0. The van der Waals surface area contributed by atoms with Crippen LogP contribution in [0.25, 0.3) is 0 Å². The minimum atomic E-state index is -4.30. The topological polar surface area (TPSA) is 24.1 Å². The Labute approximate surface area is 121 Å². The van der Waals surface area contributed by atoms with Crippen LogP contribution in [0.2, 0.25) is 0 Å². The molecule has 1 aliphatic rings. The average Bonchev–Trinajstić information content (AvgIpc) is 2.47. The Hall–Kier alpha value is -2.17. The second-order valence-electron chi connectivity index (χ2n) is 5.10. The van der Waals surface area contributed by atoms with Crippen molar-refractivity contribution in [3.05, 3.63) is 53.6 Å². The highest BCUT2D eigenvalue weighted by molar-refractivity contribution is 5.66. The van der Waals surface area contributed by atoms with Gasteiger partial charge in [-0.05, 0) is 60.9 Å². The van der Waals surface area contributed by atoms with Crippen molar-refractivity contribution in [2.45, 2.75) is 19.0 Å². The molecular formula is C16H15F3N2. The summed E-state index contributed by atoms with van der Waals surface area (Å²) >= 11 is 0. The Balaban J connectivity index is 1.77. The van der Waals surface area contributed by atoms with Gasteiger partial charge in [-0.3, -0.25) is 0 Å². The lowest BCUT2D eigenvalue weighted by Crippen LogP contribution is -2.11. The van der Waals surface area contributed by atoms with E-state index in [1.54, 1.807) is 0 Å². The molecular weight excluding hydrogens is 277 g/mol. The fourth-order valence-corrected chi connectivity index (χ4v) is 2.46. The third kappa shape index (κ3) is 3.12. The fourth-order valence-electron chi connectivity index (χ4n) is 2.46. The standard InChI is InChI=1S/C16H15F3N2/c17-16(18,19)12-3-5-13(6-4-12)21-14-7-8-15-11(10-14)2-1-9-20-15/h3-8,10,20-21H,1-2,9H2. The maximum atomic E-state index is 12.5. The number of fused-ring (bicyclic) bond motifs is 1. The van der Waals surface area contributed by atoms with E-state index in [4.69, 9.17) is 0 Å². The van der Waals surface area contributed by atoms with Gasteiger partial charge in [0.25, 0.3) is 0 Å². The zero-order valence-corrected chi connectivity index (χ0v) is 11.3. The molecule has 0 fully saturated rings. The van der Waals surface area contributed by atoms with Gasteiger partial charge in [-0.2, -0.15) is 13.2 Å². The first-order valence-corrected chi connectivity index (χ1v) is 6.83. The van der Waals surface area contributed by atoms with Crippen LogP contribution in [-0.4, -0.2) is 6.54 Å². The van der Waals surface area contributed by atoms with Crippen molar-refractivity contribution in [2.75, 3.05) is 17.2 Å². The number of alkyl halides is 3. The van der Waals surface area contributed by atoms with Crippen molar-refractivity contribution >= 4 is 17.1 Å². The maximum absolute atomic E-state index is 12.5. The number of anilines is 3. The summed E-state index contributed by atoms with van der Waals surface area (Å²) in [7, 11) is 0. The van der Waals surface area contributed by atoms with Gasteiger partial charge in [0, 0.05) is 23.6 Å². The van der Waals surface area contributed by atoms with E-state index in [9.17, 15) is 13.2 Å². The molecule has 0 unspecified atom stereocenters. The van der Waals surface area contributed by atoms with Crippen LogP contribution in [0.15, 0.2) is 42.5 Å². The molecule has 0 saturated heterocycles. The molecule has 0 radical (unpaired) electrons. The molecule has 0 bridgehead atoms. The molecule has 1 aliphatic heterocycles. The lowest BCUT2D eigenvalue weighted by Gasteiger charge is -2.19. The molecule has 21 heavy (non-hydrogen) atoms. The van der Waals surface area contributed by atoms with Crippen LogP contribution in [0.4, 0.5) is 30.2 Å². The minimum Gasteiger partial charge on any atom is -0.385 e. The van der Waals surface area contributed by atoms with Crippen LogP contribution in [0.5, 0.6) is 0 Å². The molecule has 1 heterocycles. The molecule has 5 heteroatoms. The van der Waals surface area contributed by atoms with Crippen molar-refractivity contribution in [3.8, 4) is 0 Å². The van der Waals surface area contributed by atoms with E-state index in [0.717, 1.165) is 42.9 Å². The second kappa shape index (κ2) is 5.31. The van der Waals surface area contributed by atoms with Gasteiger partial charge in [-0.25, -0.2) is 0 Å². The second-order valence-corrected chi connectivity index (χ2v) is 5.10. The zero-order chi connectivity index (χ0) is 14.9. The minimum absolute atomic E-state index is 0.636. The van der Waals surface area contributed by atoms with Crippen molar-refractivity contribution in [1.29, 1.82) is 0 Å². The Morgan fingerprint density at radius 3 is 2.38 bits per heavy atom. The smallest absolute Gasteiger partial charge is 0.385 e. The van der Waals surface area contributed by atoms with E-state index in [2.05, 4.69) is 10.6 Å². The highest BCUT2D eigenvalue weighted by atomic mass is 19.4. The van der Waals surface area contributed by atoms with Crippen molar-refractivity contribution < 1.29 is 13.2 Å². The van der Waals surface area contributed by atoms with Gasteiger partial charge >= 0.3 is 6.18 Å². The number of hydrogen-bond donors (Lipinski definition) is 2. The molecule has 0 atom stereocenters. The summed E-state index contributed by atoms with van der Waals surface area (Å²) in [6.45, 7) is 0.985. The SMILES string of the molecule is FC(F)(F)c1ccc(Nc2ccc3c(c2)CCCN3)cc1. The average molecular weight is 292 g/mol. The summed E-state index contributed by atoms with van der Waals surface area (Å²) in [5.41, 5.74) is 3.27. The van der Waals surface area contributed by atoms with Crippen LogP contribution in [0.3, 0.4) is 0 Å². The Morgan fingerprint density at radius 1 is 0.952 bits per heavy atom. The van der Waals surface area contributed by atoms with Gasteiger partial charge in [0.15, 0.2) is 0 Å². The van der Waals surface area contributed by atoms with Crippen LogP contribution >= 0.6 is 0 Å². The Bertz CT molecular complexity index is 633. The third-order valence-corrected chi connectivity index (χ3v) is 3.54. The Morgan fingerprint density at radius 2 is 1.67 bits per heavy atom. The monoisotopic (exact) mass is 292 g/mol. The van der Waals surface area contributed by atoms with Gasteiger partial charge in [0.2, 0.25) is 0 Å². The first-order chi connectivity index (χ1) is 10.0. The molecule has 0 aliphatic carbocycles. The predicted molar refractivity (Wildman–Crippen MR) is 78.0 cm³/mol. The highest BCUT2D eigenvalue weighted by Gasteiger charge is 2.29. The van der Waals surface area contributed by atoms with E-state index in [1.165, 1.54) is 17.7 Å². The van der Waals surface area contributed by atoms with Crippen LogP contribution in [-0.2, 0) is 12.6 Å². The summed E-state index contributed by atoms with van der Waals surface area (Å²) in [4.78, 5) is 0. The predicted octanol–water partition coefficient (Wildman–Crippen LogP) is 4.81. The van der Waals surface area contributed by atoms with Crippen molar-refractivity contribution in [3.63, 3.8) is 0 Å². The van der Waals surface area contributed by atoms with Gasteiger partial charge in [-0.1, -0.05) is 0 Å². The van der Waals surface area contributed by atoms with E-state index in [0.29, 0.717) is 5.69 Å². The van der Waals surface area contributed by atoms with E-state index in [1.807, 2.05) is 18.2 Å². The molecule has 0 saturated carbocycles. The summed E-state index contributed by atoms with van der Waals surface area (Å²) in [6.07, 6.45) is -2.18. The van der Waals surface area contributed by atoms with Gasteiger partial charge < -0.3 is 10.6 Å². The van der Waals surface area contributed by atoms with E-state index >= 15 is 0 Å². The van der Waals surface area contributed by atoms with Crippen molar-refractivity contribution in [2.24, 2.45) is 0 Å². The van der Waals surface area contributed by atoms with E-state index in [-0.39, 0.29) is 0 Å². The number of halogens is 3. The highest BCUT2D eigenvalue weighted by Crippen LogP contribution is 2.31. The summed E-state index contributed by atoms with van der Waals surface area (Å²) in [5.74, 6) is 0. The summed E-state index contributed by atoms with van der Waals surface area (Å²) < 4.78 is 37.5. The number of nitrogens with one attached hydrogen (secondary N) is 2. The number of benzene rings is 2. The maximum Gasteiger partial charge on any atom is 0.416 e. The van der Waals surface area contributed by atoms with Crippen LogP contribution < -0.4 is 10.6 Å². The molecule has 110 valence electrons. The normalized spacial score (nSPS) is 14.2. The molecule has 2 N–H and O–H groups in total. The first kappa shape index (κ1) is 13.8. The quantitative estimate of drug-likeness (QED) is 0.830. The summed E-state index contributed by atoms with van der Waals surface area (Å²) in [5, 5.41) is 6.46. The largest absolute Gasteiger partial charge is 0.416 e. The molecule has 2 nitrogen and oxygen atoms in total. The number of hydrogen-bond acceptors (Lipinski definition) is 2. The van der Waals surface area contributed by atoms with Gasteiger partial charge in [-0.15, -0.1) is 0 Å². The zero-order valence-electron chi connectivity index (χ0n) is 11.3. The number of aryl methyl sites for hydroxylation is 1. The Kier molecular flexibility index (Phi) is 3.49. The van der Waals surface area contributed by atoms with Crippen LogP contribution in [0, 0.1) is 0 Å². The third-order valence-electron chi connectivity index (χ3n) is 3.54. The lowest BCUT2D eigenvalue weighted by molar-refractivity contribution is -0.137. The molecule has 2 aromatic carbocycles. The van der Waals surface area contributed by atoms with Crippen molar-refractivity contribution in [1.82, 2.24) is 0 Å². The molecule has 3 rings (SSSR count). The van der Waals surface area contributed by atoms with Gasteiger partial charge in [0.05, 0.1) is 5.56 Å². The van der Waals surface area contributed by atoms with Crippen LogP contribution in [0.1, 0.15) is 17.5 Å².